The lowest BCUT2D eigenvalue weighted by Gasteiger charge is -2.13. The fraction of sp³-hybridized carbons (Fsp3) is 0.318. The summed E-state index contributed by atoms with van der Waals surface area (Å²) >= 11 is 1.32. The largest absolute Gasteiger partial charge is 0.494 e. The summed E-state index contributed by atoms with van der Waals surface area (Å²) in [6.45, 7) is 9.00. The fourth-order valence-corrected chi connectivity index (χ4v) is 3.57. The maximum Gasteiger partial charge on any atom is 0.234 e. The number of aryl methyl sites for hydroxylation is 2. The highest BCUT2D eigenvalue weighted by atomic mass is 32.2. The molecule has 30 heavy (non-hydrogen) atoms. The lowest BCUT2D eigenvalue weighted by molar-refractivity contribution is -0.113. The van der Waals surface area contributed by atoms with Gasteiger partial charge in [0, 0.05) is 11.8 Å². The van der Waals surface area contributed by atoms with Gasteiger partial charge in [-0.3, -0.25) is 9.36 Å². The van der Waals surface area contributed by atoms with Crippen LogP contribution in [0.15, 0.2) is 47.9 Å². The van der Waals surface area contributed by atoms with Gasteiger partial charge in [-0.25, -0.2) is 0 Å². The van der Waals surface area contributed by atoms with Crippen molar-refractivity contribution in [1.29, 1.82) is 0 Å². The Kier molecular flexibility index (Phi) is 7.35. The van der Waals surface area contributed by atoms with E-state index in [1.165, 1.54) is 22.9 Å². The summed E-state index contributed by atoms with van der Waals surface area (Å²) in [4.78, 5) is 12.6. The molecule has 7 nitrogen and oxygen atoms in total. The second kappa shape index (κ2) is 10.2. The number of ether oxygens (including phenoxy) is 2. The summed E-state index contributed by atoms with van der Waals surface area (Å²) in [6.07, 6.45) is 1.66. The SMILES string of the molecule is CCOc1ccc(OCC)c(NC(=O)CSc2nncn2-c2ccc(C)c(C)c2)c1. The fourth-order valence-electron chi connectivity index (χ4n) is 2.84. The zero-order valence-corrected chi connectivity index (χ0v) is 18.5. The van der Waals surface area contributed by atoms with Gasteiger partial charge in [0.2, 0.25) is 5.91 Å². The van der Waals surface area contributed by atoms with E-state index in [0.717, 1.165) is 5.69 Å². The second-order valence-electron chi connectivity index (χ2n) is 6.61. The molecule has 3 rings (SSSR count). The van der Waals surface area contributed by atoms with Crippen LogP contribution in [0.1, 0.15) is 25.0 Å². The van der Waals surface area contributed by atoms with Gasteiger partial charge >= 0.3 is 0 Å². The van der Waals surface area contributed by atoms with E-state index in [1.807, 2.05) is 30.5 Å². The molecule has 3 aromatic rings. The molecule has 0 aliphatic rings. The molecule has 2 aromatic carbocycles. The van der Waals surface area contributed by atoms with Gasteiger partial charge in [0.05, 0.1) is 24.7 Å². The molecule has 158 valence electrons. The van der Waals surface area contributed by atoms with E-state index >= 15 is 0 Å². The number of hydrogen-bond donors (Lipinski definition) is 1. The molecule has 0 unspecified atom stereocenters. The number of aromatic nitrogens is 3. The molecule has 0 spiro atoms. The third-order valence-electron chi connectivity index (χ3n) is 4.45. The summed E-state index contributed by atoms with van der Waals surface area (Å²) in [7, 11) is 0. The summed E-state index contributed by atoms with van der Waals surface area (Å²) in [6, 6.07) is 11.6. The maximum absolute atomic E-state index is 12.6. The van der Waals surface area contributed by atoms with Crippen LogP contribution in [-0.4, -0.2) is 39.6 Å². The van der Waals surface area contributed by atoms with Gasteiger partial charge in [-0.05, 0) is 63.1 Å². The van der Waals surface area contributed by atoms with Crippen LogP contribution in [-0.2, 0) is 4.79 Å². The molecule has 0 aliphatic heterocycles. The number of rotatable bonds is 9. The zero-order chi connectivity index (χ0) is 21.5. The predicted octanol–water partition coefficient (Wildman–Crippen LogP) is 4.41. The number of amides is 1. The molecule has 1 amide bonds. The molecule has 1 heterocycles. The third kappa shape index (κ3) is 5.33. The van der Waals surface area contributed by atoms with Crippen LogP contribution in [0.4, 0.5) is 5.69 Å². The van der Waals surface area contributed by atoms with Gasteiger partial charge in [0.1, 0.15) is 17.8 Å². The quantitative estimate of drug-likeness (QED) is 0.511. The molecule has 0 aliphatic carbocycles. The first-order chi connectivity index (χ1) is 14.5. The molecule has 0 radical (unpaired) electrons. The molecule has 0 saturated carbocycles. The van der Waals surface area contributed by atoms with Crippen LogP contribution in [0, 0.1) is 13.8 Å². The third-order valence-corrected chi connectivity index (χ3v) is 5.40. The minimum atomic E-state index is -0.163. The molecule has 0 fully saturated rings. The van der Waals surface area contributed by atoms with Crippen LogP contribution < -0.4 is 14.8 Å². The Hall–Kier alpha value is -3.00. The Labute approximate surface area is 180 Å². The minimum absolute atomic E-state index is 0.163. The first kappa shape index (κ1) is 21.7. The number of carbonyl (C=O) groups is 1. The number of benzene rings is 2. The van der Waals surface area contributed by atoms with Crippen molar-refractivity contribution in [2.75, 3.05) is 24.3 Å². The molecular formula is C22H26N4O3S. The van der Waals surface area contributed by atoms with Crippen molar-refractivity contribution in [1.82, 2.24) is 14.8 Å². The van der Waals surface area contributed by atoms with E-state index in [9.17, 15) is 4.79 Å². The highest BCUT2D eigenvalue weighted by Crippen LogP contribution is 2.30. The molecule has 0 bridgehead atoms. The molecule has 1 aromatic heterocycles. The Bertz CT molecular complexity index is 1020. The van der Waals surface area contributed by atoms with E-state index in [0.29, 0.717) is 35.6 Å². The first-order valence-electron chi connectivity index (χ1n) is 9.81. The van der Waals surface area contributed by atoms with Crippen LogP contribution in [0.3, 0.4) is 0 Å². The Morgan fingerprint density at radius 2 is 1.87 bits per heavy atom. The predicted molar refractivity (Wildman–Crippen MR) is 119 cm³/mol. The number of carbonyl (C=O) groups excluding carboxylic acids is 1. The number of nitrogens with one attached hydrogen (secondary N) is 1. The van der Waals surface area contributed by atoms with Gasteiger partial charge in [0.25, 0.3) is 0 Å². The number of hydrogen-bond acceptors (Lipinski definition) is 6. The van der Waals surface area contributed by atoms with Crippen LogP contribution >= 0.6 is 11.8 Å². The second-order valence-corrected chi connectivity index (χ2v) is 7.56. The normalized spacial score (nSPS) is 10.7. The molecular weight excluding hydrogens is 400 g/mol. The summed E-state index contributed by atoms with van der Waals surface area (Å²) in [5.74, 6) is 1.31. The highest BCUT2D eigenvalue weighted by molar-refractivity contribution is 7.99. The van der Waals surface area contributed by atoms with E-state index < -0.39 is 0 Å². The summed E-state index contributed by atoms with van der Waals surface area (Å²) in [5.41, 5.74) is 3.96. The van der Waals surface area contributed by atoms with Crippen molar-refractivity contribution in [3.05, 3.63) is 53.9 Å². The lowest BCUT2D eigenvalue weighted by Crippen LogP contribution is -2.15. The number of nitrogens with zero attached hydrogens (tertiary/aromatic N) is 3. The number of anilines is 1. The van der Waals surface area contributed by atoms with Crippen molar-refractivity contribution >= 4 is 23.4 Å². The van der Waals surface area contributed by atoms with E-state index in [4.69, 9.17) is 9.47 Å². The lowest BCUT2D eigenvalue weighted by atomic mass is 10.1. The van der Waals surface area contributed by atoms with Crippen LogP contribution in [0.25, 0.3) is 5.69 Å². The van der Waals surface area contributed by atoms with Crippen molar-refractivity contribution in [2.45, 2.75) is 32.9 Å². The van der Waals surface area contributed by atoms with E-state index in [-0.39, 0.29) is 11.7 Å². The van der Waals surface area contributed by atoms with Crippen LogP contribution in [0.2, 0.25) is 0 Å². The van der Waals surface area contributed by atoms with Gasteiger partial charge in [-0.1, -0.05) is 17.8 Å². The maximum atomic E-state index is 12.6. The monoisotopic (exact) mass is 426 g/mol. The van der Waals surface area contributed by atoms with Crippen LogP contribution in [0.5, 0.6) is 11.5 Å². The minimum Gasteiger partial charge on any atom is -0.494 e. The van der Waals surface area contributed by atoms with E-state index in [2.05, 4.69) is 41.5 Å². The smallest absolute Gasteiger partial charge is 0.234 e. The topological polar surface area (TPSA) is 78.3 Å². The molecule has 8 heteroatoms. The van der Waals surface area contributed by atoms with Gasteiger partial charge in [0.15, 0.2) is 5.16 Å². The standard InChI is InChI=1S/C22H26N4O3S/c1-5-28-18-9-10-20(29-6-2)19(12-18)24-21(27)13-30-22-25-23-14-26(22)17-8-7-15(3)16(4)11-17/h7-12,14H,5-6,13H2,1-4H3,(H,24,27). The average molecular weight is 427 g/mol. The van der Waals surface area contributed by atoms with Gasteiger partial charge < -0.3 is 14.8 Å². The summed E-state index contributed by atoms with van der Waals surface area (Å²) in [5, 5.41) is 11.7. The van der Waals surface area contributed by atoms with Crippen molar-refractivity contribution in [2.24, 2.45) is 0 Å². The zero-order valence-electron chi connectivity index (χ0n) is 17.6. The van der Waals surface area contributed by atoms with Gasteiger partial charge in [-0.2, -0.15) is 0 Å². The Morgan fingerprint density at radius 3 is 2.60 bits per heavy atom. The van der Waals surface area contributed by atoms with E-state index in [1.54, 1.807) is 18.5 Å². The molecule has 0 atom stereocenters. The molecule has 0 saturated heterocycles. The Balaban J connectivity index is 1.69. The molecule has 1 N–H and O–H groups in total. The van der Waals surface area contributed by atoms with Crippen molar-refractivity contribution in [3.8, 4) is 17.2 Å². The number of thioether (sulfide) groups is 1. The highest BCUT2D eigenvalue weighted by Gasteiger charge is 2.13. The Morgan fingerprint density at radius 1 is 1.07 bits per heavy atom. The van der Waals surface area contributed by atoms with Crippen molar-refractivity contribution < 1.29 is 14.3 Å². The first-order valence-corrected chi connectivity index (χ1v) is 10.8. The van der Waals surface area contributed by atoms with Crippen molar-refractivity contribution in [3.63, 3.8) is 0 Å². The average Bonchev–Trinajstić information content (AvgIpc) is 3.19. The van der Waals surface area contributed by atoms with Gasteiger partial charge in [-0.15, -0.1) is 10.2 Å². The summed E-state index contributed by atoms with van der Waals surface area (Å²) < 4.78 is 13.0.